The SMILES string of the molecule is CNCC1(c2ccc3c(c2)C(C)(C)C(=O)N3)CCC1. The first-order chi connectivity index (χ1) is 8.99. The maximum Gasteiger partial charge on any atom is 0.234 e. The highest BCUT2D eigenvalue weighted by atomic mass is 16.2. The van der Waals surface area contributed by atoms with Gasteiger partial charge in [-0.05, 0) is 50.9 Å². The lowest BCUT2D eigenvalue weighted by molar-refractivity contribution is -0.119. The van der Waals surface area contributed by atoms with Crippen molar-refractivity contribution in [1.82, 2.24) is 5.32 Å². The molecule has 0 saturated heterocycles. The zero-order valence-corrected chi connectivity index (χ0v) is 12.0. The third kappa shape index (κ3) is 1.71. The second-order valence-corrected chi connectivity index (χ2v) is 6.50. The van der Waals surface area contributed by atoms with Crippen LogP contribution in [-0.4, -0.2) is 19.5 Å². The Morgan fingerprint density at radius 1 is 1.32 bits per heavy atom. The van der Waals surface area contributed by atoms with Crippen molar-refractivity contribution in [3.8, 4) is 0 Å². The fourth-order valence-corrected chi connectivity index (χ4v) is 3.41. The number of hydrogen-bond acceptors (Lipinski definition) is 2. The highest BCUT2D eigenvalue weighted by Crippen LogP contribution is 2.46. The Balaban J connectivity index is 2.03. The van der Waals surface area contributed by atoms with Crippen LogP contribution in [0.5, 0.6) is 0 Å². The molecule has 1 amide bonds. The van der Waals surface area contributed by atoms with Crippen LogP contribution in [-0.2, 0) is 15.6 Å². The third-order valence-electron chi connectivity index (χ3n) is 4.95. The second kappa shape index (κ2) is 4.07. The molecule has 0 aromatic heterocycles. The lowest BCUT2D eigenvalue weighted by Crippen LogP contribution is -2.42. The van der Waals surface area contributed by atoms with Crippen LogP contribution >= 0.6 is 0 Å². The van der Waals surface area contributed by atoms with Crippen LogP contribution in [0.2, 0.25) is 0 Å². The maximum absolute atomic E-state index is 12.0. The van der Waals surface area contributed by atoms with Crippen LogP contribution in [0.4, 0.5) is 5.69 Å². The maximum atomic E-state index is 12.0. The minimum atomic E-state index is -0.407. The summed E-state index contributed by atoms with van der Waals surface area (Å²) in [5.41, 5.74) is 3.40. The molecule has 1 heterocycles. The van der Waals surface area contributed by atoms with Gasteiger partial charge < -0.3 is 10.6 Å². The Morgan fingerprint density at radius 3 is 2.63 bits per heavy atom. The predicted octanol–water partition coefficient (Wildman–Crippen LogP) is 2.56. The summed E-state index contributed by atoms with van der Waals surface area (Å²) in [6.45, 7) is 5.03. The van der Waals surface area contributed by atoms with Crippen molar-refractivity contribution in [2.75, 3.05) is 18.9 Å². The molecule has 1 fully saturated rings. The van der Waals surface area contributed by atoms with Crippen LogP contribution in [0.15, 0.2) is 18.2 Å². The first kappa shape index (κ1) is 12.7. The Morgan fingerprint density at radius 2 is 2.05 bits per heavy atom. The number of amides is 1. The minimum Gasteiger partial charge on any atom is -0.325 e. The molecule has 0 unspecified atom stereocenters. The van der Waals surface area contributed by atoms with E-state index in [2.05, 4.69) is 28.8 Å². The first-order valence-corrected chi connectivity index (χ1v) is 7.11. The number of carbonyl (C=O) groups is 1. The van der Waals surface area contributed by atoms with Gasteiger partial charge in [0.25, 0.3) is 0 Å². The van der Waals surface area contributed by atoms with Crippen molar-refractivity contribution in [3.05, 3.63) is 29.3 Å². The number of likely N-dealkylation sites (N-methyl/N-ethyl adjacent to an activating group) is 1. The summed E-state index contributed by atoms with van der Waals surface area (Å²) in [6, 6.07) is 6.52. The van der Waals surface area contributed by atoms with Gasteiger partial charge in [-0.1, -0.05) is 18.6 Å². The molecule has 0 atom stereocenters. The summed E-state index contributed by atoms with van der Waals surface area (Å²) >= 11 is 0. The molecule has 1 aromatic carbocycles. The largest absolute Gasteiger partial charge is 0.325 e. The smallest absolute Gasteiger partial charge is 0.234 e. The first-order valence-electron chi connectivity index (χ1n) is 7.11. The number of carbonyl (C=O) groups excluding carboxylic acids is 1. The van der Waals surface area contributed by atoms with E-state index >= 15 is 0 Å². The third-order valence-corrected chi connectivity index (χ3v) is 4.95. The van der Waals surface area contributed by atoms with E-state index in [1.807, 2.05) is 20.9 Å². The summed E-state index contributed by atoms with van der Waals surface area (Å²) in [5, 5.41) is 6.30. The molecule has 1 saturated carbocycles. The Kier molecular flexibility index (Phi) is 2.72. The molecule has 0 spiro atoms. The predicted molar refractivity (Wildman–Crippen MR) is 77.6 cm³/mol. The molecule has 3 rings (SSSR count). The monoisotopic (exact) mass is 258 g/mol. The summed E-state index contributed by atoms with van der Waals surface area (Å²) in [7, 11) is 2.02. The fourth-order valence-electron chi connectivity index (χ4n) is 3.41. The average Bonchev–Trinajstić information content (AvgIpc) is 2.55. The quantitative estimate of drug-likeness (QED) is 0.875. The number of anilines is 1. The Labute approximate surface area is 114 Å². The van der Waals surface area contributed by atoms with Crippen LogP contribution in [0, 0.1) is 0 Å². The molecular weight excluding hydrogens is 236 g/mol. The van der Waals surface area contributed by atoms with E-state index in [1.54, 1.807) is 0 Å². The van der Waals surface area contributed by atoms with Gasteiger partial charge in [0.05, 0.1) is 5.41 Å². The summed E-state index contributed by atoms with van der Waals surface area (Å²) in [5.74, 6) is 0.107. The molecule has 19 heavy (non-hydrogen) atoms. The highest BCUT2D eigenvalue weighted by Gasteiger charge is 2.42. The van der Waals surface area contributed by atoms with Crippen molar-refractivity contribution in [3.63, 3.8) is 0 Å². The number of rotatable bonds is 3. The van der Waals surface area contributed by atoms with Crippen molar-refractivity contribution in [2.45, 2.75) is 43.9 Å². The molecule has 3 heteroatoms. The van der Waals surface area contributed by atoms with Crippen molar-refractivity contribution in [2.24, 2.45) is 0 Å². The topological polar surface area (TPSA) is 41.1 Å². The summed E-state index contributed by atoms with van der Waals surface area (Å²) in [4.78, 5) is 12.0. The molecule has 0 radical (unpaired) electrons. The van der Waals surface area contributed by atoms with E-state index in [-0.39, 0.29) is 11.3 Å². The normalized spacial score (nSPS) is 22.6. The molecule has 1 aliphatic heterocycles. The van der Waals surface area contributed by atoms with Gasteiger partial charge in [-0.15, -0.1) is 0 Å². The van der Waals surface area contributed by atoms with Gasteiger partial charge in [-0.25, -0.2) is 0 Å². The lowest BCUT2D eigenvalue weighted by Gasteiger charge is -2.43. The molecule has 102 valence electrons. The van der Waals surface area contributed by atoms with Gasteiger partial charge >= 0.3 is 0 Å². The fraction of sp³-hybridized carbons (Fsp3) is 0.562. The molecule has 1 aromatic rings. The van der Waals surface area contributed by atoms with Gasteiger partial charge in [-0.3, -0.25) is 4.79 Å². The zero-order chi connectivity index (χ0) is 13.7. The van der Waals surface area contributed by atoms with Gasteiger partial charge in [0.15, 0.2) is 0 Å². The number of hydrogen-bond donors (Lipinski definition) is 2. The highest BCUT2D eigenvalue weighted by molar-refractivity contribution is 6.05. The number of fused-ring (bicyclic) bond motifs is 1. The van der Waals surface area contributed by atoms with Crippen molar-refractivity contribution in [1.29, 1.82) is 0 Å². The van der Waals surface area contributed by atoms with Crippen LogP contribution in [0.3, 0.4) is 0 Å². The van der Waals surface area contributed by atoms with Crippen LogP contribution in [0.1, 0.15) is 44.2 Å². The summed E-state index contributed by atoms with van der Waals surface area (Å²) in [6.07, 6.45) is 3.79. The van der Waals surface area contributed by atoms with E-state index in [0.29, 0.717) is 0 Å². The van der Waals surface area contributed by atoms with Gasteiger partial charge in [0, 0.05) is 17.6 Å². The van der Waals surface area contributed by atoms with Gasteiger partial charge in [0.2, 0.25) is 5.91 Å². The summed E-state index contributed by atoms with van der Waals surface area (Å²) < 4.78 is 0. The van der Waals surface area contributed by atoms with Crippen molar-refractivity contribution >= 4 is 11.6 Å². The molecule has 2 N–H and O–H groups in total. The number of nitrogens with one attached hydrogen (secondary N) is 2. The second-order valence-electron chi connectivity index (χ2n) is 6.50. The Bertz CT molecular complexity index is 530. The molecule has 1 aliphatic carbocycles. The lowest BCUT2D eigenvalue weighted by atomic mass is 9.63. The van der Waals surface area contributed by atoms with E-state index in [1.165, 1.54) is 24.8 Å². The molecule has 3 nitrogen and oxygen atoms in total. The van der Waals surface area contributed by atoms with E-state index < -0.39 is 5.41 Å². The van der Waals surface area contributed by atoms with Crippen LogP contribution in [0.25, 0.3) is 0 Å². The average molecular weight is 258 g/mol. The zero-order valence-electron chi connectivity index (χ0n) is 12.0. The molecule has 2 aliphatic rings. The van der Waals surface area contributed by atoms with E-state index in [0.717, 1.165) is 17.8 Å². The molecular formula is C16H22N2O. The van der Waals surface area contributed by atoms with Crippen molar-refractivity contribution < 1.29 is 4.79 Å². The van der Waals surface area contributed by atoms with Crippen LogP contribution < -0.4 is 10.6 Å². The van der Waals surface area contributed by atoms with E-state index in [9.17, 15) is 4.79 Å². The molecule has 0 bridgehead atoms. The number of benzene rings is 1. The Hall–Kier alpha value is -1.35. The standard InChI is InChI=1S/C16H22N2O/c1-15(2)12-9-11(5-6-13(12)18-14(15)19)16(10-17-3)7-4-8-16/h5-6,9,17H,4,7-8,10H2,1-3H3,(H,18,19). The van der Waals surface area contributed by atoms with Gasteiger partial charge in [0.1, 0.15) is 0 Å². The van der Waals surface area contributed by atoms with E-state index in [4.69, 9.17) is 0 Å². The minimum absolute atomic E-state index is 0.107. The van der Waals surface area contributed by atoms with Gasteiger partial charge in [-0.2, -0.15) is 0 Å².